The number of aryl methyl sites for hydroxylation is 1. The van der Waals surface area contributed by atoms with Crippen molar-refractivity contribution in [1.29, 1.82) is 0 Å². The third-order valence-corrected chi connectivity index (χ3v) is 2.70. The van der Waals surface area contributed by atoms with Gasteiger partial charge < -0.3 is 15.7 Å². The Morgan fingerprint density at radius 2 is 2.06 bits per heavy atom. The molecule has 5 nitrogen and oxygen atoms in total. The fraction of sp³-hybridized carbons (Fsp3) is 0.385. The molecule has 1 rings (SSSR count). The summed E-state index contributed by atoms with van der Waals surface area (Å²) in [5, 5.41) is 14.6. The number of aromatic carboxylic acids is 1. The predicted octanol–water partition coefficient (Wildman–Crippen LogP) is 1.49. The van der Waals surface area contributed by atoms with Crippen molar-refractivity contribution in [3.05, 3.63) is 29.3 Å². The number of carboxylic acids is 1. The maximum absolute atomic E-state index is 11.8. The first-order chi connectivity index (χ1) is 8.45. The van der Waals surface area contributed by atoms with Gasteiger partial charge in [0, 0.05) is 18.2 Å². The minimum absolute atomic E-state index is 0.130. The van der Waals surface area contributed by atoms with Crippen LogP contribution in [0, 0.1) is 12.8 Å². The van der Waals surface area contributed by atoms with E-state index < -0.39 is 5.97 Å². The molecule has 3 N–H and O–H groups in total. The molecule has 1 unspecified atom stereocenters. The van der Waals surface area contributed by atoms with E-state index in [0.29, 0.717) is 12.2 Å². The zero-order valence-electron chi connectivity index (χ0n) is 10.8. The zero-order chi connectivity index (χ0) is 13.7. The van der Waals surface area contributed by atoms with Crippen molar-refractivity contribution < 1.29 is 14.7 Å². The number of anilines is 1. The maximum atomic E-state index is 11.8. The lowest BCUT2D eigenvalue weighted by atomic mass is 10.1. The Bertz CT molecular complexity index is 458. The van der Waals surface area contributed by atoms with Gasteiger partial charge in [-0.3, -0.25) is 4.79 Å². The summed E-state index contributed by atoms with van der Waals surface area (Å²) >= 11 is 0. The second-order valence-electron chi connectivity index (χ2n) is 4.28. The lowest BCUT2D eigenvalue weighted by molar-refractivity contribution is -0.119. The normalized spacial score (nSPS) is 11.9. The fourth-order valence-electron chi connectivity index (χ4n) is 1.54. The van der Waals surface area contributed by atoms with E-state index in [0.717, 1.165) is 5.56 Å². The van der Waals surface area contributed by atoms with E-state index in [9.17, 15) is 9.59 Å². The van der Waals surface area contributed by atoms with Gasteiger partial charge in [-0.15, -0.1) is 0 Å². The van der Waals surface area contributed by atoms with Gasteiger partial charge >= 0.3 is 5.97 Å². The Labute approximate surface area is 106 Å². The fourth-order valence-corrected chi connectivity index (χ4v) is 1.54. The minimum Gasteiger partial charge on any atom is -0.478 e. The monoisotopic (exact) mass is 250 g/mol. The molecule has 1 amide bonds. The number of rotatable bonds is 5. The van der Waals surface area contributed by atoms with E-state index in [1.54, 1.807) is 13.1 Å². The SMILES string of the molecule is CNCC(C)C(=O)Nc1cc(C(=O)O)ccc1C. The van der Waals surface area contributed by atoms with Gasteiger partial charge in [0.05, 0.1) is 5.56 Å². The molecule has 1 aromatic rings. The van der Waals surface area contributed by atoms with E-state index >= 15 is 0 Å². The molecule has 0 aromatic heterocycles. The number of hydrogen-bond acceptors (Lipinski definition) is 3. The standard InChI is InChI=1S/C13H18N2O3/c1-8-4-5-10(13(17)18)6-11(8)15-12(16)9(2)7-14-3/h4-6,9,14H,7H2,1-3H3,(H,15,16)(H,17,18). The number of hydrogen-bond donors (Lipinski definition) is 3. The molecule has 1 atom stereocenters. The maximum Gasteiger partial charge on any atom is 0.335 e. The molecule has 0 aliphatic rings. The van der Waals surface area contributed by atoms with Gasteiger partial charge in [-0.25, -0.2) is 4.79 Å². The summed E-state index contributed by atoms with van der Waals surface area (Å²) < 4.78 is 0. The largest absolute Gasteiger partial charge is 0.478 e. The lowest BCUT2D eigenvalue weighted by Gasteiger charge is -2.13. The lowest BCUT2D eigenvalue weighted by Crippen LogP contribution is -2.28. The number of amides is 1. The van der Waals surface area contributed by atoms with Gasteiger partial charge in [0.2, 0.25) is 5.91 Å². The molecular weight excluding hydrogens is 232 g/mol. The van der Waals surface area contributed by atoms with Crippen LogP contribution in [0.2, 0.25) is 0 Å². The van der Waals surface area contributed by atoms with Gasteiger partial charge in [0.1, 0.15) is 0 Å². The third kappa shape index (κ3) is 3.56. The second kappa shape index (κ2) is 6.16. The number of carbonyl (C=O) groups excluding carboxylic acids is 1. The highest BCUT2D eigenvalue weighted by Crippen LogP contribution is 2.17. The summed E-state index contributed by atoms with van der Waals surface area (Å²) in [5.74, 6) is -1.31. The summed E-state index contributed by atoms with van der Waals surface area (Å²) in [4.78, 5) is 22.7. The number of carbonyl (C=O) groups is 2. The first-order valence-corrected chi connectivity index (χ1v) is 5.75. The zero-order valence-corrected chi connectivity index (χ0v) is 10.8. The van der Waals surface area contributed by atoms with Gasteiger partial charge in [0.25, 0.3) is 0 Å². The van der Waals surface area contributed by atoms with Crippen LogP contribution in [-0.4, -0.2) is 30.6 Å². The van der Waals surface area contributed by atoms with Crippen LogP contribution in [0.1, 0.15) is 22.8 Å². The Morgan fingerprint density at radius 1 is 1.39 bits per heavy atom. The molecule has 1 aromatic carbocycles. The van der Waals surface area contributed by atoms with Gasteiger partial charge in [-0.2, -0.15) is 0 Å². The second-order valence-corrected chi connectivity index (χ2v) is 4.28. The molecule has 0 aliphatic heterocycles. The molecular formula is C13H18N2O3. The molecule has 0 heterocycles. The van der Waals surface area contributed by atoms with Crippen molar-refractivity contribution in [2.45, 2.75) is 13.8 Å². The summed E-state index contributed by atoms with van der Waals surface area (Å²) in [6.45, 7) is 4.20. The highest BCUT2D eigenvalue weighted by atomic mass is 16.4. The Kier molecular flexibility index (Phi) is 4.85. The van der Waals surface area contributed by atoms with Crippen LogP contribution < -0.4 is 10.6 Å². The van der Waals surface area contributed by atoms with E-state index in [1.165, 1.54) is 12.1 Å². The molecule has 0 radical (unpaired) electrons. The van der Waals surface area contributed by atoms with Crippen molar-refractivity contribution >= 4 is 17.6 Å². The Balaban J connectivity index is 2.86. The molecule has 0 aliphatic carbocycles. The van der Waals surface area contributed by atoms with E-state index in [2.05, 4.69) is 10.6 Å². The summed E-state index contributed by atoms with van der Waals surface area (Å²) in [6.07, 6.45) is 0. The number of carboxylic acid groups (broad SMARTS) is 1. The van der Waals surface area contributed by atoms with Gasteiger partial charge in [-0.1, -0.05) is 13.0 Å². The van der Waals surface area contributed by atoms with Crippen LogP contribution in [0.4, 0.5) is 5.69 Å². The van der Waals surface area contributed by atoms with E-state index in [-0.39, 0.29) is 17.4 Å². The van der Waals surface area contributed by atoms with Crippen molar-refractivity contribution in [1.82, 2.24) is 5.32 Å². The van der Waals surface area contributed by atoms with Gasteiger partial charge in [0.15, 0.2) is 0 Å². The average molecular weight is 250 g/mol. The molecule has 0 fully saturated rings. The summed E-state index contributed by atoms with van der Waals surface area (Å²) in [5.41, 5.74) is 1.55. The molecule has 0 saturated heterocycles. The summed E-state index contributed by atoms with van der Waals surface area (Å²) in [6, 6.07) is 4.67. The van der Waals surface area contributed by atoms with Crippen LogP contribution in [0.5, 0.6) is 0 Å². The molecule has 0 spiro atoms. The molecule has 18 heavy (non-hydrogen) atoms. The topological polar surface area (TPSA) is 78.4 Å². The predicted molar refractivity (Wildman–Crippen MR) is 69.9 cm³/mol. The average Bonchev–Trinajstić information content (AvgIpc) is 2.31. The van der Waals surface area contributed by atoms with E-state index in [4.69, 9.17) is 5.11 Å². The third-order valence-electron chi connectivity index (χ3n) is 2.70. The highest BCUT2D eigenvalue weighted by molar-refractivity contribution is 5.95. The first kappa shape index (κ1) is 14.2. The molecule has 0 bridgehead atoms. The molecule has 5 heteroatoms. The van der Waals surface area contributed by atoms with Crippen molar-refractivity contribution in [3.8, 4) is 0 Å². The van der Waals surface area contributed by atoms with Crippen LogP contribution in [-0.2, 0) is 4.79 Å². The van der Waals surface area contributed by atoms with Crippen LogP contribution in [0.25, 0.3) is 0 Å². The molecule has 98 valence electrons. The van der Waals surface area contributed by atoms with Gasteiger partial charge in [-0.05, 0) is 31.7 Å². The van der Waals surface area contributed by atoms with Crippen LogP contribution in [0.3, 0.4) is 0 Å². The highest BCUT2D eigenvalue weighted by Gasteiger charge is 2.14. The van der Waals surface area contributed by atoms with Crippen molar-refractivity contribution in [3.63, 3.8) is 0 Å². The van der Waals surface area contributed by atoms with Crippen LogP contribution in [0.15, 0.2) is 18.2 Å². The quantitative estimate of drug-likeness (QED) is 0.739. The minimum atomic E-state index is -1.01. The number of benzene rings is 1. The Morgan fingerprint density at radius 3 is 2.61 bits per heavy atom. The molecule has 0 saturated carbocycles. The van der Waals surface area contributed by atoms with E-state index in [1.807, 2.05) is 13.8 Å². The Hall–Kier alpha value is -1.88. The summed E-state index contributed by atoms with van der Waals surface area (Å²) in [7, 11) is 1.78. The first-order valence-electron chi connectivity index (χ1n) is 5.75. The number of nitrogens with one attached hydrogen (secondary N) is 2. The van der Waals surface area contributed by atoms with Crippen molar-refractivity contribution in [2.24, 2.45) is 5.92 Å². The van der Waals surface area contributed by atoms with Crippen molar-refractivity contribution in [2.75, 3.05) is 18.9 Å². The van der Waals surface area contributed by atoms with Crippen LogP contribution >= 0.6 is 0 Å². The smallest absolute Gasteiger partial charge is 0.335 e.